The Hall–Kier alpha value is -6.48. The molecular formula is C42H32O9. The van der Waals surface area contributed by atoms with E-state index in [9.17, 15) is 40.9 Å². The van der Waals surface area contributed by atoms with Crippen LogP contribution in [0.2, 0.25) is 0 Å². The van der Waals surface area contributed by atoms with E-state index >= 15 is 0 Å². The maximum atomic E-state index is 12.1. The lowest BCUT2D eigenvalue weighted by atomic mass is 9.69. The van der Waals surface area contributed by atoms with Crippen molar-refractivity contribution in [3.63, 3.8) is 0 Å². The molecule has 3 aliphatic rings. The largest absolute Gasteiger partial charge is 0.508 e. The average Bonchev–Trinajstić information content (AvgIpc) is 3.60. The van der Waals surface area contributed by atoms with Gasteiger partial charge < -0.3 is 45.6 Å². The van der Waals surface area contributed by atoms with Gasteiger partial charge in [-0.2, -0.15) is 0 Å². The van der Waals surface area contributed by atoms with Gasteiger partial charge in [-0.05, 0) is 88.0 Å². The zero-order valence-electron chi connectivity index (χ0n) is 26.8. The first-order chi connectivity index (χ1) is 24.6. The molecule has 0 amide bonds. The van der Waals surface area contributed by atoms with Crippen molar-refractivity contribution in [2.45, 2.75) is 35.7 Å². The van der Waals surface area contributed by atoms with Crippen LogP contribution in [0.3, 0.4) is 0 Å². The number of phenolic OH excluding ortho intramolecular Hbond substituents is 8. The Kier molecular flexibility index (Phi) is 6.60. The third-order valence-electron chi connectivity index (χ3n) is 10.9. The van der Waals surface area contributed by atoms with Crippen molar-refractivity contribution in [1.82, 2.24) is 0 Å². The summed E-state index contributed by atoms with van der Waals surface area (Å²) in [6, 6.07) is 29.0. The van der Waals surface area contributed by atoms with E-state index in [0.29, 0.717) is 28.0 Å². The molecule has 51 heavy (non-hydrogen) atoms. The second-order valence-electron chi connectivity index (χ2n) is 13.7. The topological polar surface area (TPSA) is 171 Å². The van der Waals surface area contributed by atoms with E-state index in [4.69, 9.17) is 4.74 Å². The van der Waals surface area contributed by atoms with Gasteiger partial charge in [0.15, 0.2) is 0 Å². The summed E-state index contributed by atoms with van der Waals surface area (Å²) >= 11 is 0. The summed E-state index contributed by atoms with van der Waals surface area (Å²) in [7, 11) is 0. The molecule has 2 aliphatic carbocycles. The number of rotatable bonds is 4. The first-order valence-corrected chi connectivity index (χ1v) is 16.6. The third kappa shape index (κ3) is 4.61. The number of hydrogen-bond acceptors (Lipinski definition) is 9. The van der Waals surface area contributed by atoms with Crippen LogP contribution in [0, 0.1) is 0 Å². The zero-order chi connectivity index (χ0) is 35.3. The van der Waals surface area contributed by atoms with Crippen LogP contribution in [0.1, 0.15) is 85.8 Å². The van der Waals surface area contributed by atoms with Gasteiger partial charge in [0.05, 0.1) is 5.92 Å². The van der Waals surface area contributed by atoms with E-state index in [2.05, 4.69) is 0 Å². The van der Waals surface area contributed by atoms with E-state index in [-0.39, 0.29) is 46.0 Å². The molecule has 1 heterocycles. The molecule has 0 spiro atoms. The van der Waals surface area contributed by atoms with Crippen LogP contribution in [0.5, 0.6) is 51.7 Å². The molecule has 6 aromatic carbocycles. The van der Waals surface area contributed by atoms with E-state index in [0.717, 1.165) is 27.8 Å². The smallest absolute Gasteiger partial charge is 0.135 e. The Bertz CT molecular complexity index is 2330. The highest BCUT2D eigenvalue weighted by Crippen LogP contribution is 2.70. The zero-order valence-corrected chi connectivity index (χ0v) is 26.8. The molecule has 254 valence electrons. The van der Waals surface area contributed by atoms with Crippen molar-refractivity contribution < 1.29 is 45.6 Å². The highest BCUT2D eigenvalue weighted by atomic mass is 16.5. The Morgan fingerprint density at radius 3 is 1.41 bits per heavy atom. The molecule has 0 aromatic heterocycles. The molecule has 0 radical (unpaired) electrons. The lowest BCUT2D eigenvalue weighted by Crippen LogP contribution is -2.20. The van der Waals surface area contributed by atoms with Gasteiger partial charge in [0, 0.05) is 58.6 Å². The van der Waals surface area contributed by atoms with E-state index in [1.165, 1.54) is 12.1 Å². The maximum absolute atomic E-state index is 12.1. The summed E-state index contributed by atoms with van der Waals surface area (Å²) in [4.78, 5) is 0. The van der Waals surface area contributed by atoms with Crippen LogP contribution in [0.25, 0.3) is 0 Å². The molecule has 0 saturated heterocycles. The van der Waals surface area contributed by atoms with Gasteiger partial charge in [-0.1, -0.05) is 36.4 Å². The summed E-state index contributed by atoms with van der Waals surface area (Å²) in [5, 5.41) is 87.6. The number of fused-ring (bicyclic) bond motifs is 2. The molecule has 0 saturated carbocycles. The summed E-state index contributed by atoms with van der Waals surface area (Å²) in [5.41, 5.74) is 5.99. The molecule has 1 aliphatic heterocycles. The van der Waals surface area contributed by atoms with Gasteiger partial charge in [-0.25, -0.2) is 0 Å². The fraction of sp³-hybridized carbons (Fsp3) is 0.143. The molecule has 0 bridgehead atoms. The van der Waals surface area contributed by atoms with Gasteiger partial charge >= 0.3 is 0 Å². The molecule has 0 unspecified atom stereocenters. The van der Waals surface area contributed by atoms with E-state index < -0.39 is 35.7 Å². The van der Waals surface area contributed by atoms with Crippen LogP contribution in [0.15, 0.2) is 109 Å². The van der Waals surface area contributed by atoms with Crippen LogP contribution < -0.4 is 4.74 Å². The van der Waals surface area contributed by atoms with Crippen LogP contribution in [-0.2, 0) is 0 Å². The molecule has 6 aromatic rings. The SMILES string of the molecule is Oc1ccc([C@H]2c3c(O)cc(O)cc3[C@H]3c4c(cc(O)c5c4[C@H]2[C@@H](c2cc(O)cc(O)c2)[C@@H]5c2ccc(O)cc2)O[C@H]3c2ccc(O)cc2)cc1. The minimum absolute atomic E-state index is 0.0358. The van der Waals surface area contributed by atoms with Crippen molar-refractivity contribution in [2.24, 2.45) is 0 Å². The Morgan fingerprint density at radius 2 is 0.843 bits per heavy atom. The fourth-order valence-electron chi connectivity index (χ4n) is 9.08. The van der Waals surface area contributed by atoms with Crippen molar-refractivity contribution in [3.8, 4) is 51.7 Å². The van der Waals surface area contributed by atoms with Gasteiger partial charge in [-0.3, -0.25) is 0 Å². The molecule has 0 fully saturated rings. The predicted molar refractivity (Wildman–Crippen MR) is 186 cm³/mol. The summed E-state index contributed by atoms with van der Waals surface area (Å²) in [6.07, 6.45) is -0.693. The third-order valence-corrected chi connectivity index (χ3v) is 10.9. The highest BCUT2D eigenvalue weighted by molar-refractivity contribution is 5.72. The minimum atomic E-state index is -0.693. The van der Waals surface area contributed by atoms with Crippen molar-refractivity contribution in [2.75, 3.05) is 0 Å². The van der Waals surface area contributed by atoms with Gasteiger partial charge in [-0.15, -0.1) is 0 Å². The fourth-order valence-corrected chi connectivity index (χ4v) is 9.08. The molecule has 8 N–H and O–H groups in total. The van der Waals surface area contributed by atoms with Crippen molar-refractivity contribution >= 4 is 0 Å². The van der Waals surface area contributed by atoms with Crippen molar-refractivity contribution in [1.29, 1.82) is 0 Å². The molecule has 6 atom stereocenters. The normalized spacial score (nSPS) is 22.5. The van der Waals surface area contributed by atoms with Crippen LogP contribution in [0.4, 0.5) is 0 Å². The molecule has 9 nitrogen and oxygen atoms in total. The Morgan fingerprint density at radius 1 is 0.353 bits per heavy atom. The lowest BCUT2D eigenvalue weighted by Gasteiger charge is -2.34. The number of aromatic hydroxyl groups is 8. The van der Waals surface area contributed by atoms with Gasteiger partial charge in [0.25, 0.3) is 0 Å². The van der Waals surface area contributed by atoms with E-state index in [1.54, 1.807) is 97.1 Å². The number of hydrogen-bond donors (Lipinski definition) is 8. The minimum Gasteiger partial charge on any atom is -0.508 e. The number of benzene rings is 6. The molecular weight excluding hydrogens is 648 g/mol. The predicted octanol–water partition coefficient (Wildman–Crippen LogP) is 7.76. The Balaban J connectivity index is 1.44. The Labute approximate surface area is 291 Å². The number of phenols is 8. The monoisotopic (exact) mass is 680 g/mol. The maximum Gasteiger partial charge on any atom is 0.135 e. The second kappa shape index (κ2) is 11.0. The summed E-state index contributed by atoms with van der Waals surface area (Å²) in [5.74, 6) is -3.08. The van der Waals surface area contributed by atoms with Gasteiger partial charge in [0.2, 0.25) is 0 Å². The second-order valence-corrected chi connectivity index (χ2v) is 13.7. The first kappa shape index (κ1) is 30.6. The molecule has 9 rings (SSSR count). The van der Waals surface area contributed by atoms with Crippen LogP contribution >= 0.6 is 0 Å². The van der Waals surface area contributed by atoms with E-state index in [1.807, 2.05) is 0 Å². The average molecular weight is 681 g/mol. The number of ether oxygens (including phenoxy) is 1. The standard InChI is InChI=1S/C42H32O9/c43-23-7-1-19(2-8-23)33-35(22-13-26(46)15-27(47)14-22)40-34(20-3-9-24(44)10-4-20)36-29(16-28(48)17-30(36)49)37-39-32(18-31(50)38(33)41(39)40)51-42(37)21-5-11-25(45)12-6-21/h1-18,33-35,37,40,42-50H/t33-,34-,35-,37-,40+,42-/m0/s1. The van der Waals surface area contributed by atoms with Crippen molar-refractivity contribution in [3.05, 3.63) is 159 Å². The molecule has 9 heteroatoms. The quantitative estimate of drug-likeness (QED) is 0.0927. The first-order valence-electron chi connectivity index (χ1n) is 16.6. The van der Waals surface area contributed by atoms with Gasteiger partial charge in [0.1, 0.15) is 57.8 Å². The lowest BCUT2D eigenvalue weighted by molar-refractivity contribution is 0.221. The summed E-state index contributed by atoms with van der Waals surface area (Å²) < 4.78 is 6.70. The highest BCUT2D eigenvalue weighted by Gasteiger charge is 2.56. The van der Waals surface area contributed by atoms with Crippen LogP contribution in [-0.4, -0.2) is 40.9 Å². The summed E-state index contributed by atoms with van der Waals surface area (Å²) in [6.45, 7) is 0.